The van der Waals surface area contributed by atoms with E-state index in [4.69, 9.17) is 0 Å². The van der Waals surface area contributed by atoms with Crippen LogP contribution in [0.1, 0.15) is 11.4 Å². The van der Waals surface area contributed by atoms with Gasteiger partial charge in [0, 0.05) is 6.54 Å². The molecule has 0 saturated heterocycles. The largest absolute Gasteiger partial charge is 0.508 e. The number of aromatic amines is 1. The van der Waals surface area contributed by atoms with Crippen LogP contribution in [0.15, 0.2) is 30.6 Å². The Morgan fingerprint density at radius 3 is 2.79 bits per heavy atom. The smallest absolute Gasteiger partial charge is 0.183 e. The van der Waals surface area contributed by atoms with Crippen molar-refractivity contribution in [1.29, 1.82) is 0 Å². The molecule has 0 aliphatic heterocycles. The Balaban J connectivity index is 1.85. The van der Waals surface area contributed by atoms with Gasteiger partial charge >= 0.3 is 0 Å². The summed E-state index contributed by atoms with van der Waals surface area (Å²) >= 11 is 0. The molecule has 6 nitrogen and oxygen atoms in total. The fourth-order valence-electron chi connectivity index (χ4n) is 1.87. The Bertz CT molecular complexity index is 705. The van der Waals surface area contributed by atoms with E-state index in [0.29, 0.717) is 18.0 Å². The average molecular weight is 255 g/mol. The maximum atomic E-state index is 9.24. The van der Waals surface area contributed by atoms with Gasteiger partial charge in [-0.3, -0.25) is 0 Å². The van der Waals surface area contributed by atoms with Crippen molar-refractivity contribution >= 4 is 17.0 Å². The van der Waals surface area contributed by atoms with Crippen LogP contribution >= 0.6 is 0 Å². The zero-order valence-corrected chi connectivity index (χ0v) is 10.4. The molecular formula is C13H13N5O. The Labute approximate surface area is 109 Å². The van der Waals surface area contributed by atoms with Gasteiger partial charge < -0.3 is 15.4 Å². The number of fused-ring (bicyclic) bond motifs is 1. The molecule has 0 aliphatic carbocycles. The lowest BCUT2D eigenvalue weighted by molar-refractivity contribution is 0.475. The van der Waals surface area contributed by atoms with Crippen LogP contribution in [0.2, 0.25) is 0 Å². The quantitative estimate of drug-likeness (QED) is 0.666. The normalized spacial score (nSPS) is 10.8. The molecule has 19 heavy (non-hydrogen) atoms. The van der Waals surface area contributed by atoms with E-state index in [2.05, 4.69) is 25.3 Å². The maximum absolute atomic E-state index is 9.24. The number of hydrogen-bond acceptors (Lipinski definition) is 5. The zero-order chi connectivity index (χ0) is 13.2. The predicted octanol–water partition coefficient (Wildman–Crippen LogP) is 1.98. The third kappa shape index (κ3) is 2.33. The summed E-state index contributed by atoms with van der Waals surface area (Å²) in [6.45, 7) is 2.45. The van der Waals surface area contributed by atoms with Crippen molar-refractivity contribution in [2.45, 2.75) is 13.5 Å². The SMILES string of the molecule is Cc1nc(NCc2ccc(O)cc2)c2[nH]cnc2n1. The topological polar surface area (TPSA) is 86.7 Å². The van der Waals surface area contributed by atoms with Gasteiger partial charge in [-0.1, -0.05) is 12.1 Å². The number of aryl methyl sites for hydroxylation is 1. The molecule has 2 aromatic heterocycles. The van der Waals surface area contributed by atoms with Crippen LogP contribution in [0.3, 0.4) is 0 Å². The molecule has 0 radical (unpaired) electrons. The van der Waals surface area contributed by atoms with Crippen LogP contribution in [0.5, 0.6) is 5.75 Å². The second-order valence-electron chi connectivity index (χ2n) is 4.24. The van der Waals surface area contributed by atoms with Crippen LogP contribution in [-0.4, -0.2) is 25.0 Å². The van der Waals surface area contributed by atoms with Crippen molar-refractivity contribution < 1.29 is 5.11 Å². The van der Waals surface area contributed by atoms with Gasteiger partial charge in [-0.25, -0.2) is 15.0 Å². The molecule has 0 saturated carbocycles. The zero-order valence-electron chi connectivity index (χ0n) is 10.4. The average Bonchev–Trinajstić information content (AvgIpc) is 2.85. The van der Waals surface area contributed by atoms with Crippen molar-refractivity contribution in [1.82, 2.24) is 19.9 Å². The molecule has 0 spiro atoms. The second kappa shape index (κ2) is 4.56. The minimum Gasteiger partial charge on any atom is -0.508 e. The summed E-state index contributed by atoms with van der Waals surface area (Å²) in [6.07, 6.45) is 1.60. The third-order valence-electron chi connectivity index (χ3n) is 2.79. The molecule has 0 unspecified atom stereocenters. The third-order valence-corrected chi connectivity index (χ3v) is 2.79. The van der Waals surface area contributed by atoms with E-state index in [-0.39, 0.29) is 5.75 Å². The van der Waals surface area contributed by atoms with E-state index in [1.807, 2.05) is 19.1 Å². The molecule has 0 aliphatic rings. The van der Waals surface area contributed by atoms with Crippen LogP contribution in [0.4, 0.5) is 5.82 Å². The first kappa shape index (κ1) is 11.5. The van der Waals surface area contributed by atoms with E-state index in [1.54, 1.807) is 18.5 Å². The lowest BCUT2D eigenvalue weighted by Gasteiger charge is -2.07. The van der Waals surface area contributed by atoms with E-state index in [9.17, 15) is 5.11 Å². The number of phenols is 1. The first-order chi connectivity index (χ1) is 9.22. The fourth-order valence-corrected chi connectivity index (χ4v) is 1.87. The first-order valence-electron chi connectivity index (χ1n) is 5.92. The molecule has 0 fully saturated rings. The summed E-state index contributed by atoms with van der Waals surface area (Å²) in [5, 5.41) is 12.5. The Kier molecular flexibility index (Phi) is 2.75. The van der Waals surface area contributed by atoms with Gasteiger partial charge in [-0.15, -0.1) is 0 Å². The Morgan fingerprint density at radius 2 is 2.00 bits per heavy atom. The van der Waals surface area contributed by atoms with Gasteiger partial charge in [-0.2, -0.15) is 0 Å². The number of aromatic hydroxyl groups is 1. The maximum Gasteiger partial charge on any atom is 0.183 e. The van der Waals surface area contributed by atoms with Crippen molar-refractivity contribution in [2.24, 2.45) is 0 Å². The van der Waals surface area contributed by atoms with Crippen molar-refractivity contribution in [3.05, 3.63) is 42.0 Å². The summed E-state index contributed by atoms with van der Waals surface area (Å²) in [6, 6.07) is 7.04. The number of hydrogen-bond donors (Lipinski definition) is 3. The second-order valence-corrected chi connectivity index (χ2v) is 4.24. The first-order valence-corrected chi connectivity index (χ1v) is 5.92. The standard InChI is InChI=1S/C13H13N5O/c1-8-17-12(11-13(18-8)16-7-15-11)14-6-9-2-4-10(19)5-3-9/h2-5,7,19H,6H2,1H3,(H2,14,15,16,17,18). The van der Waals surface area contributed by atoms with E-state index < -0.39 is 0 Å². The highest BCUT2D eigenvalue weighted by molar-refractivity contribution is 5.82. The molecule has 0 atom stereocenters. The number of phenolic OH excluding ortho intramolecular Hbond substituents is 1. The number of H-pyrrole nitrogens is 1. The number of rotatable bonds is 3. The summed E-state index contributed by atoms with van der Waals surface area (Å²) < 4.78 is 0. The summed E-state index contributed by atoms with van der Waals surface area (Å²) in [4.78, 5) is 15.7. The number of benzene rings is 1. The molecule has 3 aromatic rings. The van der Waals surface area contributed by atoms with Gasteiger partial charge in [-0.05, 0) is 24.6 Å². The Morgan fingerprint density at radius 1 is 1.21 bits per heavy atom. The van der Waals surface area contributed by atoms with E-state index in [1.165, 1.54) is 0 Å². The highest BCUT2D eigenvalue weighted by Crippen LogP contribution is 2.17. The van der Waals surface area contributed by atoms with Gasteiger partial charge in [0.25, 0.3) is 0 Å². The van der Waals surface area contributed by atoms with Gasteiger partial charge in [0.15, 0.2) is 11.5 Å². The molecular weight excluding hydrogens is 242 g/mol. The molecule has 0 amide bonds. The van der Waals surface area contributed by atoms with Crippen molar-refractivity contribution in [3.8, 4) is 5.75 Å². The van der Waals surface area contributed by atoms with Crippen LogP contribution in [0, 0.1) is 6.92 Å². The van der Waals surface area contributed by atoms with Crippen molar-refractivity contribution in [2.75, 3.05) is 5.32 Å². The lowest BCUT2D eigenvalue weighted by atomic mass is 10.2. The monoisotopic (exact) mass is 255 g/mol. The molecule has 3 N–H and O–H groups in total. The molecule has 0 bridgehead atoms. The number of anilines is 1. The minimum absolute atomic E-state index is 0.262. The van der Waals surface area contributed by atoms with Gasteiger partial charge in [0.2, 0.25) is 0 Å². The number of nitrogens with zero attached hydrogens (tertiary/aromatic N) is 3. The lowest BCUT2D eigenvalue weighted by Crippen LogP contribution is -2.04. The molecule has 6 heteroatoms. The highest BCUT2D eigenvalue weighted by atomic mass is 16.3. The van der Waals surface area contributed by atoms with Crippen molar-refractivity contribution in [3.63, 3.8) is 0 Å². The fraction of sp³-hybridized carbons (Fsp3) is 0.154. The van der Waals surface area contributed by atoms with E-state index in [0.717, 1.165) is 16.9 Å². The van der Waals surface area contributed by atoms with Gasteiger partial charge in [0.1, 0.15) is 17.1 Å². The highest BCUT2D eigenvalue weighted by Gasteiger charge is 2.07. The number of nitrogens with one attached hydrogen (secondary N) is 2. The molecule has 3 rings (SSSR count). The number of imidazole rings is 1. The summed E-state index contributed by atoms with van der Waals surface area (Å²) in [7, 11) is 0. The van der Waals surface area contributed by atoms with Crippen LogP contribution < -0.4 is 5.32 Å². The Hall–Kier alpha value is -2.63. The number of aromatic nitrogens is 4. The van der Waals surface area contributed by atoms with Crippen LogP contribution in [0.25, 0.3) is 11.2 Å². The predicted molar refractivity (Wildman–Crippen MR) is 71.9 cm³/mol. The molecule has 96 valence electrons. The molecule has 1 aromatic carbocycles. The molecule has 2 heterocycles. The van der Waals surface area contributed by atoms with Crippen LogP contribution in [-0.2, 0) is 6.54 Å². The minimum atomic E-state index is 0.262. The summed E-state index contributed by atoms with van der Waals surface area (Å²) in [5.41, 5.74) is 2.51. The summed E-state index contributed by atoms with van der Waals surface area (Å²) in [5.74, 6) is 1.67. The van der Waals surface area contributed by atoms with Gasteiger partial charge in [0.05, 0.1) is 6.33 Å². The van der Waals surface area contributed by atoms with E-state index >= 15 is 0 Å².